The van der Waals surface area contributed by atoms with E-state index in [9.17, 15) is 20.1 Å². The van der Waals surface area contributed by atoms with Crippen molar-refractivity contribution in [1.82, 2.24) is 0 Å². The number of Topliss-reactive ketones (excluding diaryl/α,β-unsaturated/α-hetero) is 2. The van der Waals surface area contributed by atoms with Gasteiger partial charge in [-0.15, -0.1) is 68.0 Å². The predicted molar refractivity (Wildman–Crippen MR) is 448 cm³/mol. The normalized spacial score (nSPS) is 15.9. The van der Waals surface area contributed by atoms with Crippen LogP contribution in [0.3, 0.4) is 0 Å². The van der Waals surface area contributed by atoms with Crippen molar-refractivity contribution in [2.75, 3.05) is 0 Å². The predicted octanol–water partition coefficient (Wildman–Crippen LogP) is 28.2. The van der Waals surface area contributed by atoms with Crippen molar-refractivity contribution in [2.24, 2.45) is 0 Å². The molecule has 4 aliphatic rings. The third-order valence-corrected chi connectivity index (χ3v) is 30.3. The molecule has 0 fully saturated rings. The molecular formula is C94H76F4N4O2S6. The van der Waals surface area contributed by atoms with Crippen LogP contribution in [0.25, 0.3) is 80.7 Å². The van der Waals surface area contributed by atoms with Gasteiger partial charge >= 0.3 is 0 Å². The lowest BCUT2D eigenvalue weighted by atomic mass is 9.67. The highest BCUT2D eigenvalue weighted by Gasteiger charge is 2.57. The number of thiophene rings is 6. The molecular weight excluding hydrogens is 1490 g/mol. The Morgan fingerprint density at radius 2 is 0.664 bits per heavy atom. The molecule has 110 heavy (non-hydrogen) atoms. The lowest BCUT2D eigenvalue weighted by Gasteiger charge is -2.34. The second-order valence-electron chi connectivity index (χ2n) is 29.4. The maximum absolute atomic E-state index is 15.2. The minimum Gasteiger partial charge on any atom is -0.289 e. The number of allylic oxidation sites excluding steroid dienone is 6. The number of hydrogen-bond donors (Lipinski definition) is 0. The summed E-state index contributed by atoms with van der Waals surface area (Å²) in [5, 5.41) is 20.8. The first-order valence-corrected chi connectivity index (χ1v) is 43.3. The number of nitrogens with zero attached hydrogens (tertiary/aromatic N) is 4. The molecule has 0 spiro atoms. The van der Waals surface area contributed by atoms with Gasteiger partial charge in [-0.1, -0.05) is 202 Å². The molecule has 0 bridgehead atoms. The minimum absolute atomic E-state index is 0.0132. The van der Waals surface area contributed by atoms with Crippen molar-refractivity contribution in [2.45, 2.75) is 167 Å². The van der Waals surface area contributed by atoms with Gasteiger partial charge in [0.2, 0.25) is 0 Å². The Hall–Kier alpha value is -9.72. The summed E-state index contributed by atoms with van der Waals surface area (Å²) in [4.78, 5) is 42.2. The van der Waals surface area contributed by atoms with Crippen LogP contribution in [0.5, 0.6) is 0 Å². The summed E-state index contributed by atoms with van der Waals surface area (Å²) in [5.74, 6) is -5.94. The molecule has 16 heteroatoms. The Labute approximate surface area is 663 Å². The third-order valence-electron chi connectivity index (χ3n) is 22.7. The largest absolute Gasteiger partial charge is 0.289 e. The van der Waals surface area contributed by atoms with Crippen LogP contribution in [0.15, 0.2) is 156 Å². The smallest absolute Gasteiger partial charge is 0.270 e. The van der Waals surface area contributed by atoms with E-state index in [1.807, 2.05) is 34.8 Å². The van der Waals surface area contributed by atoms with Gasteiger partial charge in [0, 0.05) is 74.8 Å². The van der Waals surface area contributed by atoms with E-state index in [2.05, 4.69) is 147 Å². The van der Waals surface area contributed by atoms with Gasteiger partial charge in [0.05, 0.1) is 74.4 Å². The quantitative estimate of drug-likeness (QED) is 0.0178. The fraction of sp³-hybridized carbons (Fsp3) is 0.277. The zero-order chi connectivity index (χ0) is 76.3. The SMILES string of the molecule is [C-]#[N+]C(C#N)=C1/C(=C/c2cc3sc4c(c3s2)C(c2ccc(CCCCCC)cc2)(c2ccc(CCCCCC)cc2)c2c-4sc3c4c(sc23)-c2sc3cc(/C=C5\C(=O)c6cc(F)c(F)cc6\C5=C(\C#N)[N+]#[C-])sc3c2C4(c2ccc(CCCCCC)cc2)c2ccc(CCCCCC)cc2)C(=O)c2cc(F)c(F)cc21. The Kier molecular flexibility index (Phi) is 20.9. The molecule has 0 amide bonds. The zero-order valence-electron chi connectivity index (χ0n) is 61.6. The first-order valence-electron chi connectivity index (χ1n) is 38.4. The lowest BCUT2D eigenvalue weighted by molar-refractivity contribution is 0.103. The average Bonchev–Trinajstić information content (AvgIpc) is 1.48. The standard InChI is InChI=1S/C94H76F4N4O2S6/c1-7-11-15-19-23-53-27-35-57(36-28-53)93(58-37-29-54(30-38-58)24-20-16-12-8-2)79-85-75(45-61(105-85)43-67-77(73(51-99)101-5)63-47-69(95)71(97)49-65(63)83(67)103)107-87(79)89-81(93)91-92(109-89)82-90(110-91)88-80(86-76(108-88)46-62(106-86)44-68-78(74(52-100)102-6)64-48-70(96)72(98)50-66(64)84(68)104)94(82,59-39-31-55(32-40-59)25-21-17-13-9-3)60-41-33-56(34-42-60)26-22-18-14-10-4/h27-50H,7-26H2,1-4H3/b67-43-,68-44-,77-73+,78-74?. The minimum atomic E-state index is -1.20. The summed E-state index contributed by atoms with van der Waals surface area (Å²) in [6, 6.07) is 49.1. The summed E-state index contributed by atoms with van der Waals surface area (Å²) in [7, 11) is 0. The highest BCUT2D eigenvalue weighted by Crippen LogP contribution is 2.72. The number of hydrogen-bond acceptors (Lipinski definition) is 10. The highest BCUT2D eigenvalue weighted by molar-refractivity contribution is 7.37. The van der Waals surface area contributed by atoms with Gasteiger partial charge in [-0.25, -0.2) is 37.8 Å². The van der Waals surface area contributed by atoms with Gasteiger partial charge < -0.3 is 0 Å². The number of benzene rings is 6. The second kappa shape index (κ2) is 30.9. The number of carbonyl (C=O) groups excluding carboxylic acids is 2. The fourth-order valence-electron chi connectivity index (χ4n) is 17.4. The van der Waals surface area contributed by atoms with Crippen LogP contribution in [0.2, 0.25) is 0 Å². The first-order chi connectivity index (χ1) is 53.7. The molecule has 12 aromatic rings. The van der Waals surface area contributed by atoms with Gasteiger partial charge in [-0.2, -0.15) is 0 Å². The van der Waals surface area contributed by atoms with Crippen LogP contribution < -0.4 is 0 Å². The molecule has 548 valence electrons. The third kappa shape index (κ3) is 12.4. The number of unbranched alkanes of at least 4 members (excludes halogenated alkanes) is 12. The van der Waals surface area contributed by atoms with Gasteiger partial charge in [0.1, 0.15) is 0 Å². The van der Waals surface area contributed by atoms with Crippen LogP contribution in [-0.4, -0.2) is 11.6 Å². The molecule has 0 radical (unpaired) electrons. The van der Waals surface area contributed by atoms with Crippen LogP contribution >= 0.6 is 68.0 Å². The number of halogens is 4. The van der Waals surface area contributed by atoms with E-state index in [1.165, 1.54) is 78.2 Å². The molecule has 0 unspecified atom stereocenters. The molecule has 0 N–H and O–H groups in total. The number of ketones is 2. The molecule has 0 aliphatic heterocycles. The molecule has 0 saturated heterocycles. The van der Waals surface area contributed by atoms with Crippen LogP contribution in [0, 0.1) is 59.1 Å². The molecule has 6 aromatic carbocycles. The summed E-state index contributed by atoms with van der Waals surface area (Å²) < 4.78 is 66.9. The molecule has 0 atom stereocenters. The number of fused-ring (bicyclic) bond motifs is 15. The highest BCUT2D eigenvalue weighted by atomic mass is 32.1. The Morgan fingerprint density at radius 3 is 0.945 bits per heavy atom. The van der Waals surface area contributed by atoms with Crippen molar-refractivity contribution >= 4 is 131 Å². The molecule has 6 aromatic heterocycles. The van der Waals surface area contributed by atoms with Crippen molar-refractivity contribution < 1.29 is 27.2 Å². The van der Waals surface area contributed by atoms with E-state index >= 15 is 17.6 Å². The second-order valence-corrected chi connectivity index (χ2v) is 35.7. The van der Waals surface area contributed by atoms with E-state index in [0.29, 0.717) is 9.75 Å². The van der Waals surface area contributed by atoms with E-state index in [4.69, 9.17) is 13.1 Å². The summed E-state index contributed by atoms with van der Waals surface area (Å²) in [6.07, 6.45) is 25.3. The number of carbonyl (C=O) groups is 2. The van der Waals surface area contributed by atoms with E-state index in [1.54, 1.807) is 57.5 Å². The maximum Gasteiger partial charge on any atom is 0.270 e. The van der Waals surface area contributed by atoms with Gasteiger partial charge in [-0.3, -0.25) is 9.59 Å². The monoisotopic (exact) mass is 1560 g/mol. The fourth-order valence-corrected chi connectivity index (χ4v) is 26.2. The summed E-state index contributed by atoms with van der Waals surface area (Å²) >= 11 is 10.2. The Bertz CT molecular complexity index is 5540. The number of rotatable bonds is 26. The average molecular weight is 1560 g/mol. The van der Waals surface area contributed by atoms with Crippen LogP contribution in [0.1, 0.15) is 239 Å². The van der Waals surface area contributed by atoms with Crippen LogP contribution in [0.4, 0.5) is 17.6 Å². The number of aryl methyl sites for hydroxylation is 4. The lowest BCUT2D eigenvalue weighted by Crippen LogP contribution is -2.29. The molecule has 6 nitrogen and oxygen atoms in total. The van der Waals surface area contributed by atoms with E-state index in [-0.39, 0.29) is 55.9 Å². The van der Waals surface area contributed by atoms with E-state index < -0.39 is 45.7 Å². The zero-order valence-corrected chi connectivity index (χ0v) is 66.5. The Morgan fingerprint density at radius 1 is 0.382 bits per heavy atom. The summed E-state index contributed by atoms with van der Waals surface area (Å²) in [5.41, 5.74) is 11.4. The van der Waals surface area contributed by atoms with Gasteiger partial charge in [0.15, 0.2) is 34.8 Å². The maximum atomic E-state index is 15.2. The van der Waals surface area contributed by atoms with Crippen LogP contribution in [-0.2, 0) is 36.5 Å². The van der Waals surface area contributed by atoms with E-state index in [0.717, 1.165) is 189 Å². The Balaban J connectivity index is 0.970. The number of nitriles is 2. The van der Waals surface area contributed by atoms with Gasteiger partial charge in [0.25, 0.3) is 11.4 Å². The summed E-state index contributed by atoms with van der Waals surface area (Å²) in [6.45, 7) is 25.1. The van der Waals surface area contributed by atoms with Crippen molar-refractivity contribution in [1.29, 1.82) is 10.5 Å². The molecule has 6 heterocycles. The molecule has 16 rings (SSSR count). The van der Waals surface area contributed by atoms with Crippen molar-refractivity contribution in [3.63, 3.8) is 0 Å². The van der Waals surface area contributed by atoms with Crippen molar-refractivity contribution in [3.8, 4) is 31.6 Å². The molecule has 0 saturated carbocycles. The molecule has 4 aliphatic carbocycles. The topological polar surface area (TPSA) is 90.4 Å². The van der Waals surface area contributed by atoms with Crippen molar-refractivity contribution in [3.05, 3.63) is 301 Å². The van der Waals surface area contributed by atoms with Gasteiger partial charge in [-0.05, 0) is 156 Å². The first kappa shape index (κ1) is 74.4.